The van der Waals surface area contributed by atoms with Gasteiger partial charge >= 0.3 is 0 Å². The molecule has 1 aromatic rings. The first-order chi connectivity index (χ1) is 9.06. The molecule has 1 aliphatic heterocycles. The zero-order valence-corrected chi connectivity index (χ0v) is 10.8. The number of benzene rings is 1. The first-order valence-corrected chi connectivity index (χ1v) is 7.03. The number of hydrogen-bond donors (Lipinski definition) is 4. The van der Waals surface area contributed by atoms with Gasteiger partial charge in [0.2, 0.25) is 0 Å². The molecule has 0 saturated carbocycles. The van der Waals surface area contributed by atoms with Crippen LogP contribution in [-0.4, -0.2) is 61.1 Å². The van der Waals surface area contributed by atoms with Gasteiger partial charge in [-0.2, -0.15) is 0 Å². The smallest absolute Gasteiger partial charge is 0.166 e. The highest BCUT2D eigenvalue weighted by Gasteiger charge is 2.46. The Hall–Kier alpha value is -0.830. The van der Waals surface area contributed by atoms with E-state index in [0.717, 1.165) is 0 Å². The molecule has 4 N–H and O–H groups in total. The molecule has 0 bridgehead atoms. The molecule has 1 aliphatic rings. The van der Waals surface area contributed by atoms with E-state index in [4.69, 9.17) is 9.84 Å². The Balaban J connectivity index is 2.21. The normalized spacial score (nSPS) is 36.9. The van der Waals surface area contributed by atoms with Crippen molar-refractivity contribution >= 4 is 10.8 Å². The van der Waals surface area contributed by atoms with Crippen LogP contribution >= 0.6 is 0 Å². The van der Waals surface area contributed by atoms with E-state index >= 15 is 0 Å². The van der Waals surface area contributed by atoms with Crippen LogP contribution in [0.25, 0.3) is 0 Å². The summed E-state index contributed by atoms with van der Waals surface area (Å²) in [4.78, 5) is 0.437. The number of ether oxygens (including phenoxy) is 1. The quantitative estimate of drug-likeness (QED) is 0.544. The predicted molar refractivity (Wildman–Crippen MR) is 66.6 cm³/mol. The van der Waals surface area contributed by atoms with Gasteiger partial charge in [0.1, 0.15) is 24.4 Å². The first kappa shape index (κ1) is 14.6. The number of rotatable bonds is 3. The van der Waals surface area contributed by atoms with Crippen molar-refractivity contribution in [1.82, 2.24) is 0 Å². The third-order valence-electron chi connectivity index (χ3n) is 3.03. The van der Waals surface area contributed by atoms with Gasteiger partial charge in [0.15, 0.2) is 5.44 Å². The third-order valence-corrected chi connectivity index (χ3v) is 4.58. The van der Waals surface area contributed by atoms with Crippen LogP contribution < -0.4 is 0 Å². The number of aliphatic hydroxyl groups excluding tert-OH is 4. The predicted octanol–water partition coefficient (Wildman–Crippen LogP) is -1.41. The monoisotopic (exact) mass is 288 g/mol. The zero-order chi connectivity index (χ0) is 14.0. The van der Waals surface area contributed by atoms with E-state index < -0.39 is 47.3 Å². The van der Waals surface area contributed by atoms with Crippen molar-refractivity contribution in [3.63, 3.8) is 0 Å². The fourth-order valence-electron chi connectivity index (χ4n) is 1.93. The SMILES string of the molecule is O=S(c1ccccc1)C1OC(CO)C(O)C(O)C1O. The summed E-state index contributed by atoms with van der Waals surface area (Å²) in [6.45, 7) is -0.534. The lowest BCUT2D eigenvalue weighted by atomic mass is 10.0. The van der Waals surface area contributed by atoms with Crippen LogP contribution in [-0.2, 0) is 15.5 Å². The molecule has 106 valence electrons. The summed E-state index contributed by atoms with van der Waals surface area (Å²) in [5.41, 5.74) is -1.20. The second-order valence-corrected chi connectivity index (χ2v) is 5.84. The molecule has 1 aromatic carbocycles. The van der Waals surface area contributed by atoms with Gasteiger partial charge in [-0.1, -0.05) is 18.2 Å². The van der Waals surface area contributed by atoms with Gasteiger partial charge in [-0.3, -0.25) is 4.21 Å². The van der Waals surface area contributed by atoms with E-state index in [0.29, 0.717) is 4.90 Å². The largest absolute Gasteiger partial charge is 0.394 e. The highest BCUT2D eigenvalue weighted by molar-refractivity contribution is 7.85. The zero-order valence-electron chi connectivity index (χ0n) is 9.99. The molecular weight excluding hydrogens is 272 g/mol. The lowest BCUT2D eigenvalue weighted by molar-refractivity contribution is -0.206. The number of hydrogen-bond acceptors (Lipinski definition) is 6. The van der Waals surface area contributed by atoms with Crippen LogP contribution in [0.5, 0.6) is 0 Å². The molecule has 6 atom stereocenters. The lowest BCUT2D eigenvalue weighted by Crippen LogP contribution is -2.59. The minimum atomic E-state index is -1.71. The van der Waals surface area contributed by atoms with Gasteiger partial charge < -0.3 is 25.2 Å². The minimum absolute atomic E-state index is 0.437. The molecule has 19 heavy (non-hydrogen) atoms. The summed E-state index contributed by atoms with van der Waals surface area (Å²) in [7, 11) is -1.71. The van der Waals surface area contributed by atoms with E-state index in [1.807, 2.05) is 0 Å². The molecule has 7 heteroatoms. The van der Waals surface area contributed by atoms with Crippen molar-refractivity contribution in [1.29, 1.82) is 0 Å². The Morgan fingerprint density at radius 2 is 1.68 bits per heavy atom. The van der Waals surface area contributed by atoms with Crippen LogP contribution in [0.2, 0.25) is 0 Å². The Kier molecular flexibility index (Phi) is 4.67. The standard InChI is InChI=1S/C12H16O6S/c13-6-8-9(14)10(15)11(16)12(18-8)19(17)7-4-2-1-3-5-7/h1-5,8-16H,6H2. The van der Waals surface area contributed by atoms with E-state index in [2.05, 4.69) is 0 Å². The van der Waals surface area contributed by atoms with Crippen LogP contribution in [0.15, 0.2) is 35.2 Å². The van der Waals surface area contributed by atoms with Crippen molar-refractivity contribution in [2.24, 2.45) is 0 Å². The molecule has 6 nitrogen and oxygen atoms in total. The Morgan fingerprint density at radius 1 is 1.05 bits per heavy atom. The Morgan fingerprint density at radius 3 is 2.26 bits per heavy atom. The summed E-state index contributed by atoms with van der Waals surface area (Å²) < 4.78 is 17.5. The highest BCUT2D eigenvalue weighted by atomic mass is 32.2. The van der Waals surface area contributed by atoms with Crippen molar-refractivity contribution < 1.29 is 29.4 Å². The molecular formula is C12H16O6S. The summed E-state index contributed by atoms with van der Waals surface area (Å²) in [6.07, 6.45) is -5.48. The molecule has 0 spiro atoms. The van der Waals surface area contributed by atoms with Crippen LogP contribution in [0.3, 0.4) is 0 Å². The highest BCUT2D eigenvalue weighted by Crippen LogP contribution is 2.26. The Bertz CT molecular complexity index is 437. The molecule has 1 heterocycles. The van der Waals surface area contributed by atoms with Gasteiger partial charge in [0.05, 0.1) is 17.4 Å². The average molecular weight is 288 g/mol. The number of aliphatic hydroxyl groups is 4. The van der Waals surface area contributed by atoms with Crippen molar-refractivity contribution in [3.8, 4) is 0 Å². The molecule has 0 amide bonds. The molecule has 0 radical (unpaired) electrons. The van der Waals surface area contributed by atoms with Crippen molar-refractivity contribution in [3.05, 3.63) is 30.3 Å². The average Bonchev–Trinajstić information content (AvgIpc) is 2.45. The van der Waals surface area contributed by atoms with Gasteiger partial charge in [-0.05, 0) is 12.1 Å². The fourth-order valence-corrected chi connectivity index (χ4v) is 3.28. The van der Waals surface area contributed by atoms with Crippen LogP contribution in [0.1, 0.15) is 0 Å². The fraction of sp³-hybridized carbons (Fsp3) is 0.500. The third kappa shape index (κ3) is 2.86. The van der Waals surface area contributed by atoms with Crippen molar-refractivity contribution in [2.75, 3.05) is 6.61 Å². The van der Waals surface area contributed by atoms with E-state index in [1.54, 1.807) is 30.3 Å². The summed E-state index contributed by atoms with van der Waals surface area (Å²) >= 11 is 0. The van der Waals surface area contributed by atoms with E-state index in [1.165, 1.54) is 0 Å². The summed E-state index contributed by atoms with van der Waals surface area (Å²) in [6, 6.07) is 8.36. The molecule has 0 aromatic heterocycles. The summed E-state index contributed by atoms with van der Waals surface area (Å²) in [5.74, 6) is 0. The molecule has 2 rings (SSSR count). The van der Waals surface area contributed by atoms with E-state index in [-0.39, 0.29) is 0 Å². The van der Waals surface area contributed by atoms with Gasteiger partial charge in [0.25, 0.3) is 0 Å². The molecule has 6 unspecified atom stereocenters. The van der Waals surface area contributed by atoms with Crippen molar-refractivity contribution in [2.45, 2.75) is 34.7 Å². The second-order valence-electron chi connectivity index (χ2n) is 4.31. The lowest BCUT2D eigenvalue weighted by Gasteiger charge is -2.39. The summed E-state index contributed by atoms with van der Waals surface area (Å²) in [5, 5.41) is 38.2. The van der Waals surface area contributed by atoms with Crippen LogP contribution in [0, 0.1) is 0 Å². The Labute approximate surface area is 112 Å². The van der Waals surface area contributed by atoms with Gasteiger partial charge in [-0.25, -0.2) is 0 Å². The first-order valence-electron chi connectivity index (χ1n) is 5.82. The maximum atomic E-state index is 12.3. The van der Waals surface area contributed by atoms with Gasteiger partial charge in [-0.15, -0.1) is 0 Å². The van der Waals surface area contributed by atoms with Crippen LogP contribution in [0.4, 0.5) is 0 Å². The maximum absolute atomic E-state index is 12.3. The van der Waals surface area contributed by atoms with Gasteiger partial charge in [0, 0.05) is 4.90 Å². The molecule has 0 aliphatic carbocycles. The van der Waals surface area contributed by atoms with E-state index in [9.17, 15) is 19.5 Å². The maximum Gasteiger partial charge on any atom is 0.166 e. The topological polar surface area (TPSA) is 107 Å². The molecule has 1 saturated heterocycles. The second kappa shape index (κ2) is 6.08. The minimum Gasteiger partial charge on any atom is -0.394 e. The molecule has 1 fully saturated rings.